The standard InChI is InChI=1S/C35H33Cl2N5O5/c36-22-15-16-27(29(37)19-22)32-31(34(44)41-47-21-24-10-6-8-18-39-24)25-11-1-2-12-26(25)35(45)42(32)30-14-4-3-13-28(30)33(43)40-46-20-23-9-5-7-17-38-23/h1-2,5-12,15-19,28,30-32H,3-4,13-14,20-21H2,(H,40,43)(H,41,44). The molecule has 47 heavy (non-hydrogen) atoms. The topological polar surface area (TPSA) is 123 Å². The van der Waals surface area contributed by atoms with Gasteiger partial charge in [0.25, 0.3) is 11.8 Å². The van der Waals surface area contributed by atoms with Gasteiger partial charge in [0.05, 0.1) is 29.3 Å². The van der Waals surface area contributed by atoms with E-state index in [9.17, 15) is 14.4 Å². The maximum absolute atomic E-state index is 14.5. The highest BCUT2D eigenvalue weighted by Crippen LogP contribution is 2.48. The van der Waals surface area contributed by atoms with Gasteiger partial charge in [-0.1, -0.05) is 72.4 Å². The van der Waals surface area contributed by atoms with Gasteiger partial charge in [0.2, 0.25) is 5.91 Å². The number of hydroxylamine groups is 2. The summed E-state index contributed by atoms with van der Waals surface area (Å²) < 4.78 is 0. The number of nitrogens with zero attached hydrogens (tertiary/aromatic N) is 3. The smallest absolute Gasteiger partial charge is 0.254 e. The van der Waals surface area contributed by atoms with E-state index in [1.54, 1.807) is 84.0 Å². The first-order valence-electron chi connectivity index (χ1n) is 15.4. The van der Waals surface area contributed by atoms with Crippen LogP contribution >= 0.6 is 23.2 Å². The third-order valence-electron chi connectivity index (χ3n) is 8.60. The lowest BCUT2D eigenvalue weighted by Gasteiger charge is -2.48. The minimum Gasteiger partial charge on any atom is -0.327 e. The number of nitrogens with one attached hydrogen (secondary N) is 2. The Hall–Kier alpha value is -4.35. The van der Waals surface area contributed by atoms with Crippen LogP contribution in [-0.4, -0.2) is 38.6 Å². The van der Waals surface area contributed by atoms with Crippen molar-refractivity contribution in [1.82, 2.24) is 25.8 Å². The van der Waals surface area contributed by atoms with Crippen LogP contribution in [0.4, 0.5) is 0 Å². The number of rotatable bonds is 10. The van der Waals surface area contributed by atoms with Crippen LogP contribution in [0.3, 0.4) is 0 Å². The van der Waals surface area contributed by atoms with E-state index < -0.39 is 29.8 Å². The van der Waals surface area contributed by atoms with Crippen LogP contribution < -0.4 is 11.0 Å². The summed E-state index contributed by atoms with van der Waals surface area (Å²) in [6, 6.07) is 21.4. The number of halogens is 2. The summed E-state index contributed by atoms with van der Waals surface area (Å²) in [5, 5.41) is 0.704. The van der Waals surface area contributed by atoms with Crippen LogP contribution in [0.1, 0.15) is 70.5 Å². The highest BCUT2D eigenvalue weighted by atomic mass is 35.5. The minimum absolute atomic E-state index is 0.0410. The molecular formula is C35H33Cl2N5O5. The molecule has 0 bridgehead atoms. The first-order chi connectivity index (χ1) is 22.9. The van der Waals surface area contributed by atoms with Crippen molar-refractivity contribution in [3.05, 3.63) is 129 Å². The molecule has 6 rings (SSSR count). The number of hydrogen-bond donors (Lipinski definition) is 2. The highest BCUT2D eigenvalue weighted by molar-refractivity contribution is 6.35. The van der Waals surface area contributed by atoms with E-state index >= 15 is 0 Å². The first-order valence-corrected chi connectivity index (χ1v) is 16.2. The highest BCUT2D eigenvalue weighted by Gasteiger charge is 2.50. The van der Waals surface area contributed by atoms with E-state index in [4.69, 9.17) is 32.9 Å². The molecule has 10 nitrogen and oxygen atoms in total. The molecule has 2 aromatic heterocycles. The number of aromatic nitrogens is 2. The number of hydrogen-bond acceptors (Lipinski definition) is 7. The lowest BCUT2D eigenvalue weighted by molar-refractivity contribution is -0.143. The quantitative estimate of drug-likeness (QED) is 0.195. The first kappa shape index (κ1) is 32.6. The van der Waals surface area contributed by atoms with Crippen molar-refractivity contribution in [1.29, 1.82) is 0 Å². The van der Waals surface area contributed by atoms with Crippen molar-refractivity contribution in [3.8, 4) is 0 Å². The number of carbonyl (C=O) groups excluding carboxylic acids is 3. The molecule has 3 amide bonds. The molecule has 2 aliphatic rings. The monoisotopic (exact) mass is 673 g/mol. The minimum atomic E-state index is -0.933. The molecule has 4 atom stereocenters. The predicted octanol–water partition coefficient (Wildman–Crippen LogP) is 6.12. The molecular weight excluding hydrogens is 641 g/mol. The van der Waals surface area contributed by atoms with E-state index in [0.717, 1.165) is 12.8 Å². The maximum atomic E-state index is 14.5. The van der Waals surface area contributed by atoms with Crippen molar-refractivity contribution in [2.45, 2.75) is 56.9 Å². The number of benzene rings is 2. The van der Waals surface area contributed by atoms with Crippen LogP contribution in [0.5, 0.6) is 0 Å². The molecule has 0 saturated heterocycles. The molecule has 2 N–H and O–H groups in total. The van der Waals surface area contributed by atoms with Gasteiger partial charge in [-0.15, -0.1) is 0 Å². The average molecular weight is 675 g/mol. The molecule has 2 aromatic carbocycles. The Morgan fingerprint density at radius 3 is 2.09 bits per heavy atom. The van der Waals surface area contributed by atoms with Gasteiger partial charge in [-0.3, -0.25) is 34.0 Å². The van der Waals surface area contributed by atoms with E-state index in [1.165, 1.54) is 0 Å². The summed E-state index contributed by atoms with van der Waals surface area (Å²) >= 11 is 13.1. The fourth-order valence-corrected chi connectivity index (χ4v) is 7.01. The Kier molecular flexibility index (Phi) is 10.4. The van der Waals surface area contributed by atoms with Gasteiger partial charge in [0.15, 0.2) is 0 Å². The molecule has 1 aliphatic heterocycles. The van der Waals surface area contributed by atoms with Gasteiger partial charge in [0, 0.05) is 34.0 Å². The van der Waals surface area contributed by atoms with Gasteiger partial charge < -0.3 is 4.90 Å². The summed E-state index contributed by atoms with van der Waals surface area (Å²) in [5.74, 6) is -2.67. The van der Waals surface area contributed by atoms with Crippen LogP contribution in [0.25, 0.3) is 0 Å². The SMILES string of the molecule is O=C(NOCc1ccccn1)C1CCCCC1N1C(=O)c2ccccc2C(C(=O)NOCc2ccccn2)C1c1ccc(Cl)cc1Cl. The van der Waals surface area contributed by atoms with Crippen LogP contribution in [-0.2, 0) is 32.5 Å². The molecule has 0 spiro atoms. The zero-order chi connectivity index (χ0) is 32.8. The molecule has 242 valence electrons. The fraction of sp³-hybridized carbons (Fsp3) is 0.286. The van der Waals surface area contributed by atoms with Crippen LogP contribution in [0.2, 0.25) is 10.0 Å². The predicted molar refractivity (Wildman–Crippen MR) is 175 cm³/mol. The zero-order valence-electron chi connectivity index (χ0n) is 25.4. The van der Waals surface area contributed by atoms with Crippen molar-refractivity contribution < 1.29 is 24.1 Å². The van der Waals surface area contributed by atoms with Crippen molar-refractivity contribution >= 4 is 40.9 Å². The lowest BCUT2D eigenvalue weighted by Crippen LogP contribution is -2.56. The third-order valence-corrected chi connectivity index (χ3v) is 9.16. The third kappa shape index (κ3) is 7.31. The van der Waals surface area contributed by atoms with Gasteiger partial charge in [-0.05, 0) is 66.4 Å². The van der Waals surface area contributed by atoms with Gasteiger partial charge in [-0.2, -0.15) is 0 Å². The van der Waals surface area contributed by atoms with E-state index in [2.05, 4.69) is 20.9 Å². The summed E-state index contributed by atoms with van der Waals surface area (Å²) in [4.78, 5) is 63.7. The molecule has 0 radical (unpaired) electrons. The Bertz CT molecular complexity index is 1730. The average Bonchev–Trinajstić information content (AvgIpc) is 3.09. The second kappa shape index (κ2) is 15.0. The Morgan fingerprint density at radius 1 is 0.787 bits per heavy atom. The van der Waals surface area contributed by atoms with Crippen LogP contribution in [0.15, 0.2) is 91.3 Å². The van der Waals surface area contributed by atoms with Crippen molar-refractivity contribution in [3.63, 3.8) is 0 Å². The number of pyridine rings is 2. The van der Waals surface area contributed by atoms with Crippen LogP contribution in [0, 0.1) is 5.92 Å². The van der Waals surface area contributed by atoms with E-state index in [1.807, 2.05) is 12.1 Å². The second-order valence-corrected chi connectivity index (χ2v) is 12.3. The summed E-state index contributed by atoms with van der Waals surface area (Å²) in [6.45, 7) is 0.128. The summed E-state index contributed by atoms with van der Waals surface area (Å²) in [6.07, 6.45) is 5.94. The summed E-state index contributed by atoms with van der Waals surface area (Å²) in [7, 11) is 0. The zero-order valence-corrected chi connectivity index (χ0v) is 26.9. The second-order valence-electron chi connectivity index (χ2n) is 11.5. The van der Waals surface area contributed by atoms with Crippen molar-refractivity contribution in [2.75, 3.05) is 0 Å². The van der Waals surface area contributed by atoms with Crippen molar-refractivity contribution in [2.24, 2.45) is 5.92 Å². The van der Waals surface area contributed by atoms with E-state index in [0.29, 0.717) is 51.0 Å². The maximum Gasteiger partial charge on any atom is 0.254 e. The molecule has 3 heterocycles. The Labute approximate surface area is 282 Å². The van der Waals surface area contributed by atoms with E-state index in [-0.39, 0.29) is 25.0 Å². The number of amides is 3. The normalized spacial score (nSPS) is 20.7. The number of fused-ring (bicyclic) bond motifs is 1. The Balaban J connectivity index is 1.35. The fourth-order valence-electron chi connectivity index (χ4n) is 6.49. The summed E-state index contributed by atoms with van der Waals surface area (Å²) in [5.41, 5.74) is 7.90. The number of carbonyl (C=O) groups is 3. The largest absolute Gasteiger partial charge is 0.327 e. The lowest BCUT2D eigenvalue weighted by atomic mass is 9.75. The van der Waals surface area contributed by atoms with Gasteiger partial charge in [-0.25, -0.2) is 11.0 Å². The van der Waals surface area contributed by atoms with Gasteiger partial charge in [0.1, 0.15) is 13.2 Å². The molecule has 12 heteroatoms. The van der Waals surface area contributed by atoms with Gasteiger partial charge >= 0.3 is 0 Å². The molecule has 4 aromatic rings. The molecule has 1 saturated carbocycles. The Morgan fingerprint density at radius 2 is 1.43 bits per heavy atom. The molecule has 1 fully saturated rings. The molecule has 4 unspecified atom stereocenters. The molecule has 1 aliphatic carbocycles.